The quantitative estimate of drug-likeness (QED) is 0.531. The normalized spacial score (nSPS) is 15.0. The van der Waals surface area contributed by atoms with E-state index in [1.54, 1.807) is 10.7 Å². The Morgan fingerprint density at radius 3 is 2.74 bits per heavy atom. The number of nitrogens with one attached hydrogen (secondary N) is 1. The van der Waals surface area contributed by atoms with Crippen LogP contribution in [0, 0.1) is 6.92 Å². The molecule has 0 aromatic carbocycles. The number of hydrogen-bond acceptors (Lipinski definition) is 8. The van der Waals surface area contributed by atoms with Crippen molar-refractivity contribution in [2.45, 2.75) is 52.0 Å². The standard InChI is InChI=1S/C22H32N8O/c1-4-5-10-31-22-27-19(23)21-26-14-18(30(21)28-22)12-16-11-15(2)20(25-13-16)29-8-6-17(24-3)7-9-29/h11,13-14,17,24H,4-10,12H2,1-3H3,(H2,23,27,28). The monoisotopic (exact) mass is 424 g/mol. The molecule has 1 fully saturated rings. The second-order valence-corrected chi connectivity index (χ2v) is 8.18. The average molecular weight is 425 g/mol. The Bertz CT molecular complexity index is 1030. The van der Waals surface area contributed by atoms with Crippen molar-refractivity contribution in [3.63, 3.8) is 0 Å². The van der Waals surface area contributed by atoms with E-state index < -0.39 is 0 Å². The van der Waals surface area contributed by atoms with Crippen LogP contribution in [0.2, 0.25) is 0 Å². The number of nitrogens with zero attached hydrogens (tertiary/aromatic N) is 6. The fraction of sp³-hybridized carbons (Fsp3) is 0.545. The number of nitrogen functional groups attached to an aromatic ring is 1. The molecule has 0 amide bonds. The van der Waals surface area contributed by atoms with Gasteiger partial charge in [-0.25, -0.2) is 14.5 Å². The lowest BCUT2D eigenvalue weighted by molar-refractivity contribution is 0.280. The first-order valence-electron chi connectivity index (χ1n) is 11.1. The summed E-state index contributed by atoms with van der Waals surface area (Å²) in [6.45, 7) is 6.87. The number of unbranched alkanes of at least 4 members (excludes halogenated alkanes) is 1. The van der Waals surface area contributed by atoms with Gasteiger partial charge in [-0.3, -0.25) is 0 Å². The van der Waals surface area contributed by atoms with Gasteiger partial charge in [-0.15, -0.1) is 5.10 Å². The van der Waals surface area contributed by atoms with Gasteiger partial charge in [0.25, 0.3) is 0 Å². The van der Waals surface area contributed by atoms with E-state index in [1.807, 2.05) is 13.2 Å². The van der Waals surface area contributed by atoms with Gasteiger partial charge in [0.1, 0.15) is 5.82 Å². The van der Waals surface area contributed by atoms with Crippen LogP contribution in [-0.2, 0) is 6.42 Å². The number of ether oxygens (including phenoxy) is 1. The van der Waals surface area contributed by atoms with E-state index in [1.165, 1.54) is 5.56 Å². The summed E-state index contributed by atoms with van der Waals surface area (Å²) >= 11 is 0. The molecule has 0 spiro atoms. The van der Waals surface area contributed by atoms with Gasteiger partial charge in [-0.1, -0.05) is 19.4 Å². The first kappa shape index (κ1) is 21.3. The number of aromatic nitrogens is 5. The van der Waals surface area contributed by atoms with Crippen LogP contribution < -0.4 is 20.7 Å². The van der Waals surface area contributed by atoms with E-state index in [4.69, 9.17) is 15.5 Å². The molecule has 0 aliphatic carbocycles. The van der Waals surface area contributed by atoms with Crippen LogP contribution in [0.4, 0.5) is 11.6 Å². The molecule has 1 aliphatic rings. The van der Waals surface area contributed by atoms with E-state index in [2.05, 4.69) is 45.2 Å². The highest BCUT2D eigenvalue weighted by molar-refractivity contribution is 5.60. The zero-order chi connectivity index (χ0) is 21.8. The highest BCUT2D eigenvalue weighted by Gasteiger charge is 2.20. The molecule has 3 aromatic heterocycles. The lowest BCUT2D eigenvalue weighted by atomic mass is 10.0. The minimum absolute atomic E-state index is 0.285. The third kappa shape index (κ3) is 4.71. The molecule has 0 bridgehead atoms. The van der Waals surface area contributed by atoms with Crippen LogP contribution in [-0.4, -0.2) is 57.4 Å². The Morgan fingerprint density at radius 2 is 2.03 bits per heavy atom. The number of aryl methyl sites for hydroxylation is 1. The Labute approximate surface area is 183 Å². The number of hydrogen-bond donors (Lipinski definition) is 2. The Kier molecular flexibility index (Phi) is 6.50. The number of imidazole rings is 1. The summed E-state index contributed by atoms with van der Waals surface area (Å²) in [6.07, 6.45) is 8.68. The van der Waals surface area contributed by atoms with Gasteiger partial charge >= 0.3 is 6.01 Å². The Balaban J connectivity index is 1.51. The SMILES string of the molecule is CCCCOc1nc(N)c2ncc(Cc3cnc(N4CCC(NC)CC4)c(C)c3)n2n1. The van der Waals surface area contributed by atoms with Crippen molar-refractivity contribution in [3.8, 4) is 6.01 Å². The van der Waals surface area contributed by atoms with E-state index in [0.717, 1.165) is 55.8 Å². The fourth-order valence-electron chi connectivity index (χ4n) is 4.06. The van der Waals surface area contributed by atoms with Gasteiger partial charge in [0.05, 0.1) is 18.5 Å². The van der Waals surface area contributed by atoms with Crippen molar-refractivity contribution in [1.29, 1.82) is 0 Å². The molecule has 0 radical (unpaired) electrons. The Morgan fingerprint density at radius 1 is 1.23 bits per heavy atom. The average Bonchev–Trinajstić information content (AvgIpc) is 3.17. The lowest BCUT2D eigenvalue weighted by Gasteiger charge is -2.33. The van der Waals surface area contributed by atoms with Crippen LogP contribution in [0.1, 0.15) is 49.4 Å². The first-order valence-corrected chi connectivity index (χ1v) is 11.1. The Hall–Kier alpha value is -2.94. The molecule has 3 aromatic rings. The summed E-state index contributed by atoms with van der Waals surface area (Å²) in [6, 6.07) is 3.10. The molecular formula is C22H32N8O. The molecule has 31 heavy (non-hydrogen) atoms. The molecular weight excluding hydrogens is 392 g/mol. The van der Waals surface area contributed by atoms with Gasteiger partial charge in [0, 0.05) is 31.7 Å². The molecule has 3 N–H and O–H groups in total. The molecule has 9 heteroatoms. The zero-order valence-corrected chi connectivity index (χ0v) is 18.6. The maximum absolute atomic E-state index is 6.08. The summed E-state index contributed by atoms with van der Waals surface area (Å²) < 4.78 is 7.39. The van der Waals surface area contributed by atoms with Crippen LogP contribution in [0.15, 0.2) is 18.5 Å². The largest absolute Gasteiger partial charge is 0.462 e. The number of anilines is 2. The molecule has 0 atom stereocenters. The summed E-state index contributed by atoms with van der Waals surface area (Å²) in [5.41, 5.74) is 9.85. The number of piperidine rings is 1. The summed E-state index contributed by atoms with van der Waals surface area (Å²) in [5, 5.41) is 7.88. The highest BCUT2D eigenvalue weighted by Crippen LogP contribution is 2.24. The summed E-state index contributed by atoms with van der Waals surface area (Å²) in [5.74, 6) is 1.40. The summed E-state index contributed by atoms with van der Waals surface area (Å²) in [4.78, 5) is 15.8. The molecule has 0 saturated carbocycles. The van der Waals surface area contributed by atoms with Gasteiger partial charge < -0.3 is 20.7 Å². The van der Waals surface area contributed by atoms with Crippen molar-refractivity contribution in [2.75, 3.05) is 37.4 Å². The lowest BCUT2D eigenvalue weighted by Crippen LogP contribution is -2.41. The summed E-state index contributed by atoms with van der Waals surface area (Å²) in [7, 11) is 2.04. The second kappa shape index (κ2) is 9.47. The van der Waals surface area contributed by atoms with Gasteiger partial charge in [0.2, 0.25) is 0 Å². The highest BCUT2D eigenvalue weighted by atomic mass is 16.5. The van der Waals surface area contributed by atoms with E-state index in [-0.39, 0.29) is 6.01 Å². The molecule has 1 aliphatic heterocycles. The van der Waals surface area contributed by atoms with E-state index >= 15 is 0 Å². The molecule has 1 saturated heterocycles. The van der Waals surface area contributed by atoms with Crippen LogP contribution in [0.25, 0.3) is 5.65 Å². The number of fused-ring (bicyclic) bond motifs is 1. The topological polar surface area (TPSA) is 106 Å². The van der Waals surface area contributed by atoms with Gasteiger partial charge in [0.15, 0.2) is 11.5 Å². The fourth-order valence-corrected chi connectivity index (χ4v) is 4.06. The zero-order valence-electron chi connectivity index (χ0n) is 18.6. The maximum Gasteiger partial charge on any atom is 0.336 e. The van der Waals surface area contributed by atoms with Crippen LogP contribution >= 0.6 is 0 Å². The number of pyridine rings is 1. The predicted molar refractivity (Wildman–Crippen MR) is 122 cm³/mol. The third-order valence-corrected chi connectivity index (χ3v) is 5.86. The van der Waals surface area contributed by atoms with Crippen molar-refractivity contribution in [2.24, 2.45) is 0 Å². The van der Waals surface area contributed by atoms with Gasteiger partial charge in [-0.05, 0) is 44.4 Å². The van der Waals surface area contributed by atoms with Crippen molar-refractivity contribution in [1.82, 2.24) is 29.9 Å². The minimum atomic E-state index is 0.285. The van der Waals surface area contributed by atoms with Crippen LogP contribution in [0.3, 0.4) is 0 Å². The first-order chi connectivity index (χ1) is 15.1. The number of rotatable bonds is 8. The smallest absolute Gasteiger partial charge is 0.336 e. The molecule has 0 unspecified atom stereocenters. The van der Waals surface area contributed by atoms with Crippen molar-refractivity contribution < 1.29 is 4.74 Å². The van der Waals surface area contributed by atoms with Crippen molar-refractivity contribution >= 4 is 17.3 Å². The minimum Gasteiger partial charge on any atom is -0.462 e. The molecule has 4 heterocycles. The van der Waals surface area contributed by atoms with E-state index in [0.29, 0.717) is 30.5 Å². The maximum atomic E-state index is 6.08. The van der Waals surface area contributed by atoms with E-state index in [9.17, 15) is 0 Å². The predicted octanol–water partition coefficient (Wildman–Crippen LogP) is 2.37. The third-order valence-electron chi connectivity index (χ3n) is 5.86. The molecule has 166 valence electrons. The van der Waals surface area contributed by atoms with Crippen LogP contribution in [0.5, 0.6) is 6.01 Å². The van der Waals surface area contributed by atoms with Crippen molar-refractivity contribution in [3.05, 3.63) is 35.3 Å². The second-order valence-electron chi connectivity index (χ2n) is 8.18. The van der Waals surface area contributed by atoms with Gasteiger partial charge in [-0.2, -0.15) is 4.98 Å². The molecule has 4 rings (SSSR count). The molecule has 9 nitrogen and oxygen atoms in total. The number of nitrogens with two attached hydrogens (primary N) is 1.